The summed E-state index contributed by atoms with van der Waals surface area (Å²) in [6.07, 6.45) is 0. The van der Waals surface area contributed by atoms with Crippen molar-refractivity contribution >= 4 is 23.1 Å². The van der Waals surface area contributed by atoms with E-state index >= 15 is 0 Å². The molecule has 2 atom stereocenters. The molecule has 0 amide bonds. The van der Waals surface area contributed by atoms with Gasteiger partial charge in [0.2, 0.25) is 0 Å². The number of nitrogens with one attached hydrogen (secondary N) is 1. The van der Waals surface area contributed by atoms with Crippen LogP contribution in [0.5, 0.6) is 0 Å². The van der Waals surface area contributed by atoms with E-state index in [9.17, 15) is 0 Å². The molecule has 1 aromatic carbocycles. The fraction of sp³-hybridized carbons (Fsp3) is 0.333. The van der Waals surface area contributed by atoms with Gasteiger partial charge in [-0.1, -0.05) is 28.2 Å². The van der Waals surface area contributed by atoms with Gasteiger partial charge in [0.25, 0.3) is 0 Å². The molecule has 17 heavy (non-hydrogen) atoms. The summed E-state index contributed by atoms with van der Waals surface area (Å²) in [6, 6.07) is 8.11. The molecule has 2 aromatic rings. The second kappa shape index (κ2) is 4.72. The van der Waals surface area contributed by atoms with E-state index in [-0.39, 0.29) is 0 Å². The van der Waals surface area contributed by atoms with Crippen molar-refractivity contribution in [2.24, 2.45) is 0 Å². The number of rotatable bonds is 2. The molecule has 0 saturated carbocycles. The van der Waals surface area contributed by atoms with Gasteiger partial charge in [-0.15, -0.1) is 5.10 Å². The van der Waals surface area contributed by atoms with E-state index in [1.807, 2.05) is 17.5 Å². The maximum atomic E-state index is 5.92. The van der Waals surface area contributed by atoms with E-state index in [1.54, 1.807) is 0 Å². The van der Waals surface area contributed by atoms with E-state index in [0.717, 1.165) is 23.8 Å². The lowest BCUT2D eigenvalue weighted by Gasteiger charge is -2.16. The minimum absolute atomic E-state index is 0.426. The molecule has 1 N–H and O–H groups in total. The summed E-state index contributed by atoms with van der Waals surface area (Å²) >= 11 is 7.33. The summed E-state index contributed by atoms with van der Waals surface area (Å²) in [4.78, 5) is 0. The molecule has 0 bridgehead atoms. The molecule has 1 aliphatic heterocycles. The minimum Gasteiger partial charge on any atom is -0.315 e. The molecule has 3 rings (SSSR count). The van der Waals surface area contributed by atoms with Crippen LogP contribution in [0.25, 0.3) is 0 Å². The smallest absolute Gasteiger partial charge is 0.0805 e. The summed E-state index contributed by atoms with van der Waals surface area (Å²) in [5.41, 5.74) is 2.41. The molecule has 1 fully saturated rings. The van der Waals surface area contributed by atoms with Crippen LogP contribution >= 0.6 is 23.1 Å². The molecule has 0 radical (unpaired) electrons. The van der Waals surface area contributed by atoms with Crippen LogP contribution in [0, 0.1) is 0 Å². The first-order chi connectivity index (χ1) is 8.34. The fourth-order valence-corrected chi connectivity index (χ4v) is 3.03. The van der Waals surface area contributed by atoms with Gasteiger partial charge in [0.1, 0.15) is 0 Å². The number of benzene rings is 1. The summed E-state index contributed by atoms with van der Waals surface area (Å²) in [5, 5.41) is 10.4. The van der Waals surface area contributed by atoms with Crippen LogP contribution in [0.1, 0.15) is 23.1 Å². The standard InChI is InChI=1S/C12H12ClN3S/c13-9-3-1-8(2-4-9)10-5-14-6-11(10)12-7-17-16-15-12/h1-4,7,10-11,14H,5-6H2/t10-,11+/m1/s1. The van der Waals surface area contributed by atoms with Gasteiger partial charge in [-0.2, -0.15) is 0 Å². The number of aromatic nitrogens is 2. The van der Waals surface area contributed by atoms with Crippen LogP contribution in [0.4, 0.5) is 0 Å². The predicted molar refractivity (Wildman–Crippen MR) is 69.7 cm³/mol. The molecular formula is C12H12ClN3S. The third-order valence-electron chi connectivity index (χ3n) is 3.27. The van der Waals surface area contributed by atoms with Crippen molar-refractivity contribution in [2.45, 2.75) is 11.8 Å². The maximum absolute atomic E-state index is 5.92. The second-order valence-corrected chi connectivity index (χ2v) is 5.30. The third-order valence-corrected chi connectivity index (χ3v) is 4.04. The van der Waals surface area contributed by atoms with Gasteiger partial charge < -0.3 is 5.32 Å². The van der Waals surface area contributed by atoms with Crippen LogP contribution in [0.3, 0.4) is 0 Å². The Hall–Kier alpha value is -0.970. The van der Waals surface area contributed by atoms with Crippen molar-refractivity contribution in [1.29, 1.82) is 0 Å². The van der Waals surface area contributed by atoms with Gasteiger partial charge in [0.15, 0.2) is 0 Å². The molecule has 1 aromatic heterocycles. The Morgan fingerprint density at radius 3 is 2.65 bits per heavy atom. The minimum atomic E-state index is 0.426. The number of halogens is 1. The largest absolute Gasteiger partial charge is 0.315 e. The Labute approximate surface area is 109 Å². The Balaban J connectivity index is 1.89. The van der Waals surface area contributed by atoms with Crippen LogP contribution in [0.2, 0.25) is 5.02 Å². The number of hydrogen-bond donors (Lipinski definition) is 1. The Morgan fingerprint density at radius 1 is 1.18 bits per heavy atom. The van der Waals surface area contributed by atoms with Crippen LogP contribution in [-0.4, -0.2) is 22.7 Å². The van der Waals surface area contributed by atoms with Gasteiger partial charge in [-0.05, 0) is 29.2 Å². The SMILES string of the molecule is Clc1ccc([C@H]2CNC[C@@H]2c2csnn2)cc1. The zero-order chi connectivity index (χ0) is 11.7. The average Bonchev–Trinajstić information content (AvgIpc) is 3.00. The highest BCUT2D eigenvalue weighted by Gasteiger charge is 2.31. The summed E-state index contributed by atoms with van der Waals surface area (Å²) in [5.74, 6) is 0.895. The Bertz CT molecular complexity index is 483. The summed E-state index contributed by atoms with van der Waals surface area (Å²) < 4.78 is 3.95. The van der Waals surface area contributed by atoms with Crippen molar-refractivity contribution in [3.63, 3.8) is 0 Å². The first-order valence-electron chi connectivity index (χ1n) is 5.58. The highest BCUT2D eigenvalue weighted by atomic mass is 35.5. The highest BCUT2D eigenvalue weighted by molar-refractivity contribution is 7.03. The summed E-state index contributed by atoms with van der Waals surface area (Å²) in [7, 11) is 0. The predicted octanol–water partition coefficient (Wildman–Crippen LogP) is 2.66. The van der Waals surface area contributed by atoms with Crippen molar-refractivity contribution < 1.29 is 0 Å². The van der Waals surface area contributed by atoms with Crippen molar-refractivity contribution in [1.82, 2.24) is 14.9 Å². The number of hydrogen-bond acceptors (Lipinski definition) is 4. The maximum Gasteiger partial charge on any atom is 0.0805 e. The lowest BCUT2D eigenvalue weighted by atomic mass is 9.87. The molecule has 0 aliphatic carbocycles. The van der Waals surface area contributed by atoms with E-state index in [2.05, 4.69) is 27.0 Å². The Kier molecular flexibility index (Phi) is 3.09. The second-order valence-electron chi connectivity index (χ2n) is 4.25. The highest BCUT2D eigenvalue weighted by Crippen LogP contribution is 2.35. The van der Waals surface area contributed by atoms with E-state index in [4.69, 9.17) is 11.6 Å². The van der Waals surface area contributed by atoms with E-state index in [0.29, 0.717) is 11.8 Å². The lowest BCUT2D eigenvalue weighted by Crippen LogP contribution is -2.09. The average molecular weight is 266 g/mol. The molecule has 1 saturated heterocycles. The lowest BCUT2D eigenvalue weighted by molar-refractivity contribution is 0.645. The van der Waals surface area contributed by atoms with Gasteiger partial charge in [0, 0.05) is 35.3 Å². The molecule has 2 heterocycles. The van der Waals surface area contributed by atoms with E-state index in [1.165, 1.54) is 17.1 Å². The first kappa shape index (κ1) is 11.1. The summed E-state index contributed by atoms with van der Waals surface area (Å²) in [6.45, 7) is 1.96. The van der Waals surface area contributed by atoms with E-state index < -0.39 is 0 Å². The Morgan fingerprint density at radius 2 is 1.94 bits per heavy atom. The monoisotopic (exact) mass is 265 g/mol. The third kappa shape index (κ3) is 2.20. The van der Waals surface area contributed by atoms with Crippen LogP contribution in [-0.2, 0) is 0 Å². The molecule has 3 nitrogen and oxygen atoms in total. The molecule has 5 heteroatoms. The molecule has 88 valence electrons. The van der Waals surface area contributed by atoms with Gasteiger partial charge in [-0.25, -0.2) is 0 Å². The normalized spacial score (nSPS) is 24.1. The van der Waals surface area contributed by atoms with Crippen molar-refractivity contribution in [3.8, 4) is 0 Å². The fourth-order valence-electron chi connectivity index (χ4n) is 2.38. The molecule has 0 unspecified atom stereocenters. The van der Waals surface area contributed by atoms with Gasteiger partial charge >= 0.3 is 0 Å². The zero-order valence-corrected chi connectivity index (χ0v) is 10.7. The number of nitrogens with zero attached hydrogens (tertiary/aromatic N) is 2. The molecule has 1 aliphatic rings. The topological polar surface area (TPSA) is 37.8 Å². The van der Waals surface area contributed by atoms with Gasteiger partial charge in [-0.3, -0.25) is 0 Å². The van der Waals surface area contributed by atoms with Crippen molar-refractivity contribution in [2.75, 3.05) is 13.1 Å². The van der Waals surface area contributed by atoms with Crippen molar-refractivity contribution in [3.05, 3.63) is 45.9 Å². The molecular weight excluding hydrogens is 254 g/mol. The zero-order valence-electron chi connectivity index (χ0n) is 9.14. The first-order valence-corrected chi connectivity index (χ1v) is 6.79. The molecule has 0 spiro atoms. The van der Waals surface area contributed by atoms with Crippen LogP contribution in [0.15, 0.2) is 29.6 Å². The quantitative estimate of drug-likeness (QED) is 0.907. The van der Waals surface area contributed by atoms with Crippen LogP contribution < -0.4 is 5.32 Å². The van der Waals surface area contributed by atoms with Gasteiger partial charge in [0.05, 0.1) is 5.69 Å².